The van der Waals surface area contributed by atoms with E-state index in [1.54, 1.807) is 37.8 Å². The van der Waals surface area contributed by atoms with Crippen LogP contribution in [0.1, 0.15) is 26.3 Å². The van der Waals surface area contributed by atoms with Crippen molar-refractivity contribution in [3.05, 3.63) is 33.9 Å². The molecule has 1 amide bonds. The zero-order valence-electron chi connectivity index (χ0n) is 14.1. The van der Waals surface area contributed by atoms with Crippen molar-refractivity contribution in [2.45, 2.75) is 33.0 Å². The van der Waals surface area contributed by atoms with E-state index < -0.39 is 17.2 Å². The Balaban J connectivity index is 2.07. The third-order valence-electron chi connectivity index (χ3n) is 3.66. The maximum Gasteiger partial charge on any atom is 0.410 e. The first-order valence-corrected chi connectivity index (χ1v) is 7.77. The number of alkyl halides is 1. The third-order valence-corrected chi connectivity index (χ3v) is 3.66. The molecule has 1 fully saturated rings. The monoisotopic (exact) mass is 339 g/mol. The number of piperazine rings is 1. The molecule has 0 spiro atoms. The number of hydrogen-bond acceptors (Lipinski definition) is 5. The molecule has 1 aromatic carbocycles. The molecule has 1 aliphatic heterocycles. The van der Waals surface area contributed by atoms with Crippen LogP contribution >= 0.6 is 0 Å². The molecule has 2 rings (SSSR count). The highest BCUT2D eigenvalue weighted by molar-refractivity contribution is 5.69. The Hall–Kier alpha value is -2.38. The summed E-state index contributed by atoms with van der Waals surface area (Å²) in [5, 5.41) is 11.2. The van der Waals surface area contributed by atoms with Crippen LogP contribution in [-0.4, -0.2) is 47.7 Å². The molecule has 0 aromatic heterocycles. The zero-order valence-corrected chi connectivity index (χ0v) is 14.1. The third kappa shape index (κ3) is 4.33. The van der Waals surface area contributed by atoms with Crippen molar-refractivity contribution in [2.24, 2.45) is 0 Å². The van der Waals surface area contributed by atoms with Gasteiger partial charge in [0.15, 0.2) is 0 Å². The molecule has 0 aliphatic carbocycles. The van der Waals surface area contributed by atoms with Crippen molar-refractivity contribution < 1.29 is 18.8 Å². The Morgan fingerprint density at radius 1 is 1.29 bits per heavy atom. The Labute approximate surface area is 140 Å². The van der Waals surface area contributed by atoms with Crippen molar-refractivity contribution >= 4 is 17.5 Å². The number of carbonyl (C=O) groups excluding carboxylic acids is 1. The van der Waals surface area contributed by atoms with Crippen molar-refractivity contribution in [2.75, 3.05) is 31.1 Å². The molecule has 0 N–H and O–H groups in total. The number of anilines is 1. The van der Waals surface area contributed by atoms with Crippen LogP contribution in [0.5, 0.6) is 0 Å². The average Bonchev–Trinajstić information content (AvgIpc) is 2.52. The molecule has 0 radical (unpaired) electrons. The lowest BCUT2D eigenvalue weighted by Gasteiger charge is -2.36. The first-order chi connectivity index (χ1) is 11.2. The van der Waals surface area contributed by atoms with E-state index in [1.165, 1.54) is 6.07 Å². The van der Waals surface area contributed by atoms with Gasteiger partial charge in [0, 0.05) is 32.2 Å². The van der Waals surface area contributed by atoms with Gasteiger partial charge in [-0.1, -0.05) is 6.07 Å². The maximum atomic E-state index is 12.7. The number of carbonyl (C=O) groups is 1. The van der Waals surface area contributed by atoms with Gasteiger partial charge in [-0.05, 0) is 32.4 Å². The minimum atomic E-state index is -0.743. The highest BCUT2D eigenvalue weighted by Crippen LogP contribution is 2.30. The van der Waals surface area contributed by atoms with E-state index in [-0.39, 0.29) is 17.3 Å². The van der Waals surface area contributed by atoms with Gasteiger partial charge in [-0.3, -0.25) is 10.1 Å². The van der Waals surface area contributed by atoms with E-state index >= 15 is 0 Å². The summed E-state index contributed by atoms with van der Waals surface area (Å²) in [7, 11) is 0. The van der Waals surface area contributed by atoms with Gasteiger partial charge in [0.2, 0.25) is 0 Å². The van der Waals surface area contributed by atoms with E-state index in [9.17, 15) is 19.3 Å². The number of amides is 1. The number of nitro groups is 1. The van der Waals surface area contributed by atoms with Crippen molar-refractivity contribution in [3.63, 3.8) is 0 Å². The topological polar surface area (TPSA) is 75.9 Å². The number of rotatable bonds is 3. The van der Waals surface area contributed by atoms with Gasteiger partial charge in [0.05, 0.1) is 4.92 Å². The summed E-state index contributed by atoms with van der Waals surface area (Å²) in [5.41, 5.74) is 0.0459. The molecule has 1 saturated heterocycles. The van der Waals surface area contributed by atoms with Crippen LogP contribution in [0, 0.1) is 10.1 Å². The Bertz CT molecular complexity index is 622. The number of ether oxygens (including phenoxy) is 1. The van der Waals surface area contributed by atoms with E-state index in [2.05, 4.69) is 0 Å². The van der Waals surface area contributed by atoms with Gasteiger partial charge in [0.1, 0.15) is 18.0 Å². The zero-order chi connectivity index (χ0) is 17.9. The molecule has 1 heterocycles. The first kappa shape index (κ1) is 18.0. The van der Waals surface area contributed by atoms with Crippen molar-refractivity contribution in [1.29, 1.82) is 0 Å². The summed E-state index contributed by atoms with van der Waals surface area (Å²) in [5.74, 6) is 0. The van der Waals surface area contributed by atoms with Gasteiger partial charge >= 0.3 is 6.09 Å². The van der Waals surface area contributed by atoms with Crippen LogP contribution in [0.25, 0.3) is 0 Å². The fraction of sp³-hybridized carbons (Fsp3) is 0.562. The smallest absolute Gasteiger partial charge is 0.410 e. The molecule has 7 nitrogen and oxygen atoms in total. The van der Waals surface area contributed by atoms with E-state index in [1.807, 2.05) is 4.90 Å². The second-order valence-corrected chi connectivity index (χ2v) is 6.67. The summed E-state index contributed by atoms with van der Waals surface area (Å²) in [4.78, 5) is 26.2. The number of nitrogens with zero attached hydrogens (tertiary/aromatic N) is 3. The molecule has 8 heteroatoms. The predicted octanol–water partition coefficient (Wildman–Crippen LogP) is 3.12. The minimum absolute atomic E-state index is 0.115. The summed E-state index contributed by atoms with van der Waals surface area (Å²) in [6, 6.07) is 4.37. The average molecular weight is 339 g/mol. The van der Waals surface area contributed by atoms with Gasteiger partial charge < -0.3 is 14.5 Å². The lowest BCUT2D eigenvalue weighted by Crippen LogP contribution is -2.50. The number of nitro benzene ring substituents is 1. The lowest BCUT2D eigenvalue weighted by molar-refractivity contribution is -0.384. The standard InChI is InChI=1S/C16H22FN3O4/c1-16(2,3)24-15(21)19-8-6-18(7-9-19)13-5-4-12(11-17)10-14(13)20(22)23/h4-5,10H,6-9,11H2,1-3H3. The molecule has 1 aliphatic rings. The van der Waals surface area contributed by atoms with Crippen LogP contribution in [0.4, 0.5) is 20.6 Å². The quantitative estimate of drug-likeness (QED) is 0.625. The first-order valence-electron chi connectivity index (χ1n) is 7.77. The molecule has 0 bridgehead atoms. The number of benzene rings is 1. The van der Waals surface area contributed by atoms with Gasteiger partial charge in [-0.15, -0.1) is 0 Å². The van der Waals surface area contributed by atoms with Crippen LogP contribution in [0.2, 0.25) is 0 Å². The molecule has 0 unspecified atom stereocenters. The normalized spacial score (nSPS) is 15.3. The number of halogens is 1. The van der Waals surface area contributed by atoms with Crippen molar-refractivity contribution in [1.82, 2.24) is 4.90 Å². The van der Waals surface area contributed by atoms with Crippen molar-refractivity contribution in [3.8, 4) is 0 Å². The summed E-state index contributed by atoms with van der Waals surface area (Å²) in [6.07, 6.45) is -0.385. The second kappa shape index (κ2) is 7.02. The molecule has 0 atom stereocenters. The molecule has 0 saturated carbocycles. The molecular formula is C16H22FN3O4. The maximum absolute atomic E-state index is 12.7. The highest BCUT2D eigenvalue weighted by atomic mass is 19.1. The van der Waals surface area contributed by atoms with E-state index in [0.29, 0.717) is 31.9 Å². The fourth-order valence-electron chi connectivity index (χ4n) is 2.52. The molecule has 1 aromatic rings. The van der Waals surface area contributed by atoms with Gasteiger partial charge in [0.25, 0.3) is 5.69 Å². The minimum Gasteiger partial charge on any atom is -0.444 e. The summed E-state index contributed by atoms with van der Waals surface area (Å²) < 4.78 is 18.1. The SMILES string of the molecule is CC(C)(C)OC(=O)N1CCN(c2ccc(CF)cc2[N+](=O)[O-])CC1. The largest absolute Gasteiger partial charge is 0.444 e. The number of hydrogen-bond donors (Lipinski definition) is 0. The van der Waals surface area contributed by atoms with Gasteiger partial charge in [-0.2, -0.15) is 0 Å². The molecule has 132 valence electrons. The highest BCUT2D eigenvalue weighted by Gasteiger charge is 2.28. The van der Waals surface area contributed by atoms with Crippen LogP contribution in [-0.2, 0) is 11.4 Å². The Kier molecular flexibility index (Phi) is 5.26. The van der Waals surface area contributed by atoms with Crippen LogP contribution < -0.4 is 4.90 Å². The summed E-state index contributed by atoms with van der Waals surface area (Å²) >= 11 is 0. The second-order valence-electron chi connectivity index (χ2n) is 6.67. The van der Waals surface area contributed by atoms with Gasteiger partial charge in [-0.25, -0.2) is 9.18 Å². The Morgan fingerprint density at radius 2 is 1.92 bits per heavy atom. The predicted molar refractivity (Wildman–Crippen MR) is 87.9 cm³/mol. The van der Waals surface area contributed by atoms with Crippen LogP contribution in [0.15, 0.2) is 18.2 Å². The lowest BCUT2D eigenvalue weighted by atomic mass is 10.1. The van der Waals surface area contributed by atoms with E-state index in [4.69, 9.17) is 4.74 Å². The van der Waals surface area contributed by atoms with E-state index in [0.717, 1.165) is 0 Å². The fourth-order valence-corrected chi connectivity index (χ4v) is 2.52. The Morgan fingerprint density at radius 3 is 2.42 bits per heavy atom. The molecule has 24 heavy (non-hydrogen) atoms. The van der Waals surface area contributed by atoms with Crippen LogP contribution in [0.3, 0.4) is 0 Å². The molecular weight excluding hydrogens is 317 g/mol. The summed E-state index contributed by atoms with van der Waals surface area (Å²) in [6.45, 7) is 6.40.